The number of anilines is 1. The number of hydrogen-bond acceptors (Lipinski definition) is 5. The van der Waals surface area contributed by atoms with Gasteiger partial charge in [-0.15, -0.1) is 0 Å². The number of rotatable bonds is 2. The fourth-order valence-electron chi connectivity index (χ4n) is 1.60. The number of hydrazone groups is 1. The second kappa shape index (κ2) is 3.87. The molecule has 0 aliphatic carbocycles. The zero-order valence-corrected chi connectivity index (χ0v) is 10.1. The Bertz CT molecular complexity index is 625. The number of benzene rings is 1. The van der Waals surface area contributed by atoms with Gasteiger partial charge in [0.25, 0.3) is 0 Å². The normalized spacial score (nSPS) is 24.3. The molecule has 0 aromatic heterocycles. The van der Waals surface area contributed by atoms with Crippen molar-refractivity contribution >= 4 is 27.4 Å². The highest BCUT2D eigenvalue weighted by Gasteiger charge is 2.58. The fraction of sp³-hybridized carbons (Fsp3) is 0.200. The van der Waals surface area contributed by atoms with Gasteiger partial charge >= 0.3 is 21.0 Å². The number of carbonyl (C=O) groups excluding carboxylic acids is 1. The van der Waals surface area contributed by atoms with Gasteiger partial charge in [0, 0.05) is 0 Å². The second-order valence-corrected chi connectivity index (χ2v) is 5.30. The monoisotopic (exact) mass is 270 g/mol. The zero-order chi connectivity index (χ0) is 13.6. The van der Waals surface area contributed by atoms with Crippen molar-refractivity contribution in [3.05, 3.63) is 30.3 Å². The Hall–Kier alpha value is -1.77. The molecule has 1 aromatic carbocycles. The summed E-state index contributed by atoms with van der Waals surface area (Å²) in [6.45, 7) is 1.15. The molecule has 1 heterocycles. The Balaban J connectivity index is 2.52. The SMILES string of the molecule is CC1=NN(c2ccccc2)C(=O)[C@@]1(O)S(=O)(=O)O. The zero-order valence-electron chi connectivity index (χ0n) is 9.31. The van der Waals surface area contributed by atoms with Crippen LogP contribution in [0.4, 0.5) is 5.69 Å². The molecule has 0 fully saturated rings. The summed E-state index contributed by atoms with van der Waals surface area (Å²) in [5.74, 6) is -1.23. The van der Waals surface area contributed by atoms with Crippen LogP contribution in [0.1, 0.15) is 6.92 Å². The lowest BCUT2D eigenvalue weighted by molar-refractivity contribution is -0.124. The van der Waals surface area contributed by atoms with Crippen molar-refractivity contribution in [2.45, 2.75) is 11.9 Å². The van der Waals surface area contributed by atoms with Gasteiger partial charge in [-0.1, -0.05) is 18.2 Å². The molecule has 96 valence electrons. The average Bonchev–Trinajstić information content (AvgIpc) is 2.55. The van der Waals surface area contributed by atoms with Gasteiger partial charge in [-0.3, -0.25) is 9.35 Å². The van der Waals surface area contributed by atoms with Crippen molar-refractivity contribution in [3.8, 4) is 0 Å². The topological polar surface area (TPSA) is 107 Å². The Labute approximate surface area is 103 Å². The van der Waals surface area contributed by atoms with E-state index < -0.39 is 26.7 Å². The van der Waals surface area contributed by atoms with Crippen molar-refractivity contribution in [3.63, 3.8) is 0 Å². The highest BCUT2D eigenvalue weighted by atomic mass is 32.2. The van der Waals surface area contributed by atoms with E-state index >= 15 is 0 Å². The molecule has 0 saturated carbocycles. The molecule has 1 amide bonds. The van der Waals surface area contributed by atoms with Gasteiger partial charge in [-0.05, 0) is 19.1 Å². The minimum Gasteiger partial charge on any atom is -0.361 e. The van der Waals surface area contributed by atoms with Crippen LogP contribution >= 0.6 is 0 Å². The molecule has 7 nitrogen and oxygen atoms in total. The number of aliphatic hydroxyl groups is 1. The van der Waals surface area contributed by atoms with E-state index in [1.165, 1.54) is 12.1 Å². The first-order valence-corrected chi connectivity index (χ1v) is 6.37. The minimum atomic E-state index is -5.01. The largest absolute Gasteiger partial charge is 0.361 e. The molecule has 18 heavy (non-hydrogen) atoms. The van der Waals surface area contributed by atoms with Crippen LogP contribution in [0.2, 0.25) is 0 Å². The molecule has 2 rings (SSSR count). The number of nitrogens with zero attached hydrogens (tertiary/aromatic N) is 2. The van der Waals surface area contributed by atoms with Crippen LogP contribution in [0.25, 0.3) is 0 Å². The van der Waals surface area contributed by atoms with Crippen LogP contribution in [-0.2, 0) is 14.9 Å². The quantitative estimate of drug-likeness (QED) is 0.735. The number of carbonyl (C=O) groups is 1. The van der Waals surface area contributed by atoms with E-state index in [-0.39, 0.29) is 0 Å². The van der Waals surface area contributed by atoms with E-state index in [4.69, 9.17) is 4.55 Å². The van der Waals surface area contributed by atoms with Gasteiger partial charge in [0.15, 0.2) is 0 Å². The Morgan fingerprint density at radius 2 is 1.83 bits per heavy atom. The number of amides is 1. The minimum absolute atomic E-state index is 0.293. The first-order valence-electron chi connectivity index (χ1n) is 4.93. The van der Waals surface area contributed by atoms with Crippen molar-refractivity contribution in [1.29, 1.82) is 0 Å². The lowest BCUT2D eigenvalue weighted by Gasteiger charge is -2.18. The predicted octanol–water partition coefficient (Wildman–Crippen LogP) is -0.0145. The summed E-state index contributed by atoms with van der Waals surface area (Å²) in [5.41, 5.74) is -0.111. The van der Waals surface area contributed by atoms with E-state index in [2.05, 4.69) is 5.10 Å². The van der Waals surface area contributed by atoms with Crippen molar-refractivity contribution in [2.24, 2.45) is 5.10 Å². The van der Waals surface area contributed by atoms with E-state index in [0.717, 1.165) is 11.9 Å². The van der Waals surface area contributed by atoms with Crippen LogP contribution in [0.3, 0.4) is 0 Å². The van der Waals surface area contributed by atoms with Gasteiger partial charge in [0.1, 0.15) is 0 Å². The van der Waals surface area contributed by atoms with Gasteiger partial charge in [0.05, 0.1) is 11.4 Å². The summed E-state index contributed by atoms with van der Waals surface area (Å²) in [6, 6.07) is 7.99. The van der Waals surface area contributed by atoms with Gasteiger partial charge in [-0.25, -0.2) is 0 Å². The van der Waals surface area contributed by atoms with Crippen LogP contribution < -0.4 is 5.01 Å². The Kier molecular flexibility index (Phi) is 2.73. The molecular formula is C10H10N2O5S. The molecule has 1 aliphatic rings. The smallest absolute Gasteiger partial charge is 0.313 e. The Morgan fingerprint density at radius 1 is 1.28 bits per heavy atom. The fourth-order valence-corrected chi connectivity index (χ4v) is 2.32. The van der Waals surface area contributed by atoms with Crippen LogP contribution in [0.5, 0.6) is 0 Å². The molecule has 0 spiro atoms. The third-order valence-corrected chi connectivity index (χ3v) is 3.81. The summed E-state index contributed by atoms with van der Waals surface area (Å²) >= 11 is 0. The van der Waals surface area contributed by atoms with Crippen molar-refractivity contribution in [1.82, 2.24) is 0 Å². The third-order valence-electron chi connectivity index (χ3n) is 2.60. The van der Waals surface area contributed by atoms with E-state index in [9.17, 15) is 18.3 Å². The maximum Gasteiger partial charge on any atom is 0.313 e. The van der Waals surface area contributed by atoms with Crippen molar-refractivity contribution < 1.29 is 22.9 Å². The van der Waals surface area contributed by atoms with E-state index in [0.29, 0.717) is 5.69 Å². The second-order valence-electron chi connectivity index (χ2n) is 3.76. The third kappa shape index (κ3) is 1.62. The predicted molar refractivity (Wildman–Crippen MR) is 63.5 cm³/mol. The average molecular weight is 270 g/mol. The summed E-state index contributed by atoms with van der Waals surface area (Å²) < 4.78 is 31.2. The van der Waals surface area contributed by atoms with Gasteiger partial charge < -0.3 is 5.11 Å². The van der Waals surface area contributed by atoms with Crippen LogP contribution in [0.15, 0.2) is 35.4 Å². The van der Waals surface area contributed by atoms with Crippen molar-refractivity contribution in [2.75, 3.05) is 5.01 Å². The highest BCUT2D eigenvalue weighted by Crippen LogP contribution is 2.29. The summed E-state index contributed by atoms with van der Waals surface area (Å²) in [7, 11) is -5.01. The molecular weight excluding hydrogens is 260 g/mol. The molecule has 8 heteroatoms. The highest BCUT2D eigenvalue weighted by molar-refractivity contribution is 7.88. The van der Waals surface area contributed by atoms with E-state index in [1.54, 1.807) is 18.2 Å². The summed E-state index contributed by atoms with van der Waals surface area (Å²) in [5, 5.41) is 14.2. The van der Waals surface area contributed by atoms with Crippen LogP contribution in [-0.4, -0.2) is 34.6 Å². The van der Waals surface area contributed by atoms with Crippen LogP contribution in [0, 0.1) is 0 Å². The van der Waals surface area contributed by atoms with Gasteiger partial charge in [0.2, 0.25) is 0 Å². The lowest BCUT2D eigenvalue weighted by Crippen LogP contribution is -2.52. The molecule has 2 N–H and O–H groups in total. The molecule has 0 unspecified atom stereocenters. The first-order chi connectivity index (χ1) is 8.28. The molecule has 1 aliphatic heterocycles. The standard InChI is InChI=1S/C10H10N2O5S/c1-7-10(14,18(15,16)17)9(13)12(11-7)8-5-3-2-4-6-8/h2-6,14H,1H3,(H,15,16,17)/t10-/m0/s1. The lowest BCUT2D eigenvalue weighted by atomic mass is 10.2. The maximum atomic E-state index is 11.9. The summed E-state index contributed by atoms with van der Waals surface area (Å²) in [4.78, 5) is 8.90. The Morgan fingerprint density at radius 3 is 2.28 bits per heavy atom. The number of para-hydroxylation sites is 1. The first kappa shape index (κ1) is 12.7. The molecule has 0 bridgehead atoms. The molecule has 0 radical (unpaired) electrons. The number of hydrogen-bond donors (Lipinski definition) is 2. The molecule has 1 atom stereocenters. The maximum absolute atomic E-state index is 11.9. The van der Waals surface area contributed by atoms with E-state index in [1.807, 2.05) is 0 Å². The summed E-state index contributed by atoms with van der Waals surface area (Å²) in [6.07, 6.45) is 0. The molecule has 1 aromatic rings. The van der Waals surface area contributed by atoms with Gasteiger partial charge in [-0.2, -0.15) is 18.5 Å². The molecule has 0 saturated heterocycles.